The lowest BCUT2D eigenvalue weighted by Gasteiger charge is -2.13. The monoisotopic (exact) mass is 326 g/mol. The van der Waals surface area contributed by atoms with Crippen LogP contribution in [-0.4, -0.2) is 61.4 Å². The number of fused-ring (bicyclic) bond motifs is 1. The summed E-state index contributed by atoms with van der Waals surface area (Å²) < 4.78 is 7.08. The first-order chi connectivity index (χ1) is 11.5. The summed E-state index contributed by atoms with van der Waals surface area (Å²) in [5.41, 5.74) is 1.35. The molecule has 1 aliphatic heterocycles. The van der Waals surface area contributed by atoms with Crippen molar-refractivity contribution in [3.05, 3.63) is 36.5 Å². The molecule has 1 atom stereocenters. The number of carbonyl (C=O) groups excluding carboxylic acids is 2. The summed E-state index contributed by atoms with van der Waals surface area (Å²) >= 11 is 0. The second-order valence-corrected chi connectivity index (χ2v) is 5.61. The van der Waals surface area contributed by atoms with Crippen molar-refractivity contribution in [3.63, 3.8) is 0 Å². The van der Waals surface area contributed by atoms with Gasteiger partial charge in [-0.05, 0) is 12.1 Å². The van der Waals surface area contributed by atoms with Crippen LogP contribution in [0.1, 0.15) is 5.89 Å². The number of amides is 3. The Balaban J connectivity index is 1.59. The van der Waals surface area contributed by atoms with Gasteiger partial charge in [-0.3, -0.25) is 9.69 Å². The Hall–Kier alpha value is -3.23. The molecule has 9 heteroatoms. The Kier molecular flexibility index (Phi) is 3.08. The molecule has 0 bridgehead atoms. The predicted molar refractivity (Wildman–Crippen MR) is 81.9 cm³/mol. The number of hydrogen-bond acceptors (Lipinski definition) is 6. The van der Waals surface area contributed by atoms with E-state index in [2.05, 4.69) is 15.1 Å². The number of pyridine rings is 1. The third-order valence-corrected chi connectivity index (χ3v) is 4.10. The Morgan fingerprint density at radius 1 is 1.21 bits per heavy atom. The van der Waals surface area contributed by atoms with E-state index in [1.54, 1.807) is 13.2 Å². The molecule has 1 aliphatic rings. The molecule has 0 aromatic carbocycles. The molecule has 3 aromatic heterocycles. The maximum Gasteiger partial charge on any atom is 0.326 e. The first-order valence-electron chi connectivity index (χ1n) is 7.35. The van der Waals surface area contributed by atoms with Crippen LogP contribution < -0.4 is 0 Å². The minimum atomic E-state index is -0.628. The van der Waals surface area contributed by atoms with Gasteiger partial charge < -0.3 is 13.8 Å². The normalized spacial score (nSPS) is 18.2. The molecule has 4 rings (SSSR count). The van der Waals surface area contributed by atoms with Crippen molar-refractivity contribution in [1.82, 2.24) is 29.3 Å². The van der Waals surface area contributed by atoms with Crippen molar-refractivity contribution >= 4 is 17.6 Å². The van der Waals surface area contributed by atoms with Gasteiger partial charge in [-0.1, -0.05) is 11.2 Å². The fourth-order valence-corrected chi connectivity index (χ4v) is 2.73. The molecule has 0 N–H and O–H groups in total. The summed E-state index contributed by atoms with van der Waals surface area (Å²) in [5.74, 6) is 0.354. The molecule has 1 fully saturated rings. The zero-order chi connectivity index (χ0) is 16.8. The highest BCUT2D eigenvalue weighted by Gasteiger charge is 2.41. The van der Waals surface area contributed by atoms with Crippen molar-refractivity contribution in [2.24, 2.45) is 0 Å². The van der Waals surface area contributed by atoms with Gasteiger partial charge in [-0.2, -0.15) is 4.98 Å². The number of hydrogen-bond donors (Lipinski definition) is 0. The number of rotatable bonds is 3. The number of nitrogens with zero attached hydrogens (tertiary/aromatic N) is 6. The zero-order valence-corrected chi connectivity index (χ0v) is 13.1. The van der Waals surface area contributed by atoms with Gasteiger partial charge in [0.15, 0.2) is 0 Å². The van der Waals surface area contributed by atoms with Crippen LogP contribution in [0.25, 0.3) is 17.2 Å². The topological polar surface area (TPSA) is 96.8 Å². The molecule has 3 amide bonds. The first-order valence-corrected chi connectivity index (χ1v) is 7.35. The van der Waals surface area contributed by atoms with E-state index >= 15 is 0 Å². The van der Waals surface area contributed by atoms with Crippen molar-refractivity contribution < 1.29 is 14.1 Å². The number of imide groups is 1. The SMILES string of the molecule is CN1C(=O)[C@@H](Cc2nc(-c3cn4ccccc4n3)no2)N(C)C1=O. The standard InChI is InChI=1S/C15H14N6O3/c1-19-10(14(22)20(2)15(19)23)7-12-17-13(18-24-12)9-8-21-6-4-3-5-11(21)16-9/h3-6,8,10H,7H2,1-2H3/t10-/m1/s1. The third-order valence-electron chi connectivity index (χ3n) is 4.10. The molecule has 9 nitrogen and oxygen atoms in total. The maximum absolute atomic E-state index is 12.1. The van der Waals surface area contributed by atoms with Gasteiger partial charge in [-0.15, -0.1) is 0 Å². The molecule has 0 spiro atoms. The molecule has 3 aromatic rings. The Labute approximate surface area is 136 Å². The number of likely N-dealkylation sites (N-methyl/N-ethyl adjacent to an activating group) is 2. The van der Waals surface area contributed by atoms with E-state index in [0.29, 0.717) is 11.5 Å². The quantitative estimate of drug-likeness (QED) is 0.661. The molecule has 24 heavy (non-hydrogen) atoms. The van der Waals surface area contributed by atoms with E-state index in [-0.39, 0.29) is 24.2 Å². The van der Waals surface area contributed by atoms with Gasteiger partial charge in [-0.25, -0.2) is 9.78 Å². The zero-order valence-electron chi connectivity index (χ0n) is 13.1. The van der Waals surface area contributed by atoms with E-state index in [1.807, 2.05) is 28.8 Å². The molecule has 122 valence electrons. The van der Waals surface area contributed by atoms with Gasteiger partial charge in [0.25, 0.3) is 5.91 Å². The van der Waals surface area contributed by atoms with Gasteiger partial charge in [0.1, 0.15) is 17.4 Å². The molecule has 1 saturated heterocycles. The van der Waals surface area contributed by atoms with Crippen LogP contribution in [0.5, 0.6) is 0 Å². The molecule has 0 unspecified atom stereocenters. The molecular weight excluding hydrogens is 312 g/mol. The van der Waals surface area contributed by atoms with Gasteiger partial charge in [0, 0.05) is 26.5 Å². The summed E-state index contributed by atoms with van der Waals surface area (Å²) in [6.07, 6.45) is 3.85. The molecule has 4 heterocycles. The van der Waals surface area contributed by atoms with Crippen LogP contribution >= 0.6 is 0 Å². The minimum Gasteiger partial charge on any atom is -0.339 e. The second-order valence-electron chi connectivity index (χ2n) is 5.61. The van der Waals surface area contributed by atoms with E-state index in [4.69, 9.17) is 4.52 Å². The van der Waals surface area contributed by atoms with E-state index < -0.39 is 6.04 Å². The fraction of sp³-hybridized carbons (Fsp3) is 0.267. The number of urea groups is 1. The molecule has 0 saturated carbocycles. The van der Waals surface area contributed by atoms with Crippen molar-refractivity contribution in [1.29, 1.82) is 0 Å². The summed E-state index contributed by atoms with van der Waals surface area (Å²) in [7, 11) is 3.03. The molecule has 0 aliphatic carbocycles. The largest absolute Gasteiger partial charge is 0.339 e. The highest BCUT2D eigenvalue weighted by Crippen LogP contribution is 2.20. The summed E-state index contributed by atoms with van der Waals surface area (Å²) in [6, 6.07) is 4.69. The van der Waals surface area contributed by atoms with Crippen LogP contribution in [0.4, 0.5) is 4.79 Å². The van der Waals surface area contributed by atoms with Crippen LogP contribution in [0.15, 0.2) is 35.1 Å². The number of aromatic nitrogens is 4. The van der Waals surface area contributed by atoms with Crippen LogP contribution in [-0.2, 0) is 11.2 Å². The van der Waals surface area contributed by atoms with Crippen LogP contribution in [0.2, 0.25) is 0 Å². The smallest absolute Gasteiger partial charge is 0.326 e. The van der Waals surface area contributed by atoms with Crippen LogP contribution in [0.3, 0.4) is 0 Å². The maximum atomic E-state index is 12.1. The van der Waals surface area contributed by atoms with Crippen molar-refractivity contribution in [3.8, 4) is 11.5 Å². The number of carbonyl (C=O) groups is 2. The lowest BCUT2D eigenvalue weighted by molar-refractivity contribution is -0.127. The van der Waals surface area contributed by atoms with Crippen molar-refractivity contribution in [2.45, 2.75) is 12.5 Å². The first kappa shape index (κ1) is 14.4. The lowest BCUT2D eigenvalue weighted by Crippen LogP contribution is -2.33. The molecular formula is C15H14N6O3. The number of imidazole rings is 1. The third kappa shape index (κ3) is 2.13. The minimum absolute atomic E-state index is 0.172. The lowest BCUT2D eigenvalue weighted by atomic mass is 10.2. The van der Waals surface area contributed by atoms with Crippen LogP contribution in [0, 0.1) is 0 Å². The van der Waals surface area contributed by atoms with Gasteiger partial charge >= 0.3 is 6.03 Å². The Bertz CT molecular complexity index is 912. The highest BCUT2D eigenvalue weighted by atomic mass is 16.5. The summed E-state index contributed by atoms with van der Waals surface area (Å²) in [5, 5.41) is 3.92. The van der Waals surface area contributed by atoms with Gasteiger partial charge in [0.2, 0.25) is 11.7 Å². The fourth-order valence-electron chi connectivity index (χ4n) is 2.73. The Morgan fingerprint density at radius 3 is 2.75 bits per heavy atom. The average molecular weight is 326 g/mol. The second kappa shape index (κ2) is 5.15. The van der Waals surface area contributed by atoms with Crippen molar-refractivity contribution in [2.75, 3.05) is 14.1 Å². The highest BCUT2D eigenvalue weighted by molar-refractivity contribution is 6.03. The summed E-state index contributed by atoms with van der Waals surface area (Å²) in [6.45, 7) is 0. The van der Waals surface area contributed by atoms with E-state index in [0.717, 1.165) is 10.5 Å². The molecule has 0 radical (unpaired) electrons. The Morgan fingerprint density at radius 2 is 2.04 bits per heavy atom. The summed E-state index contributed by atoms with van der Waals surface area (Å²) in [4.78, 5) is 35.1. The average Bonchev–Trinajstić information content (AvgIpc) is 3.26. The van der Waals surface area contributed by atoms with E-state index in [9.17, 15) is 9.59 Å². The van der Waals surface area contributed by atoms with E-state index in [1.165, 1.54) is 11.9 Å². The van der Waals surface area contributed by atoms with Gasteiger partial charge in [0.05, 0.1) is 6.42 Å². The predicted octanol–water partition coefficient (Wildman–Crippen LogP) is 0.819.